The van der Waals surface area contributed by atoms with Gasteiger partial charge in [0.1, 0.15) is 5.82 Å². The minimum absolute atomic E-state index is 0.183. The highest BCUT2D eigenvalue weighted by Crippen LogP contribution is 2.27. The Kier molecular flexibility index (Phi) is 5.03. The summed E-state index contributed by atoms with van der Waals surface area (Å²) in [6.07, 6.45) is 1.68. The molecule has 0 saturated carbocycles. The molecular formula is C19H18Cl2N4O. The van der Waals surface area contributed by atoms with E-state index in [-0.39, 0.29) is 16.3 Å². The summed E-state index contributed by atoms with van der Waals surface area (Å²) in [6.45, 7) is 6.17. The number of nitrogens with one attached hydrogen (secondary N) is 1. The van der Waals surface area contributed by atoms with E-state index in [0.717, 1.165) is 5.69 Å². The molecule has 0 spiro atoms. The van der Waals surface area contributed by atoms with Gasteiger partial charge < -0.3 is 5.32 Å². The summed E-state index contributed by atoms with van der Waals surface area (Å²) in [6, 6.07) is 12.1. The van der Waals surface area contributed by atoms with Crippen LogP contribution >= 0.6 is 23.2 Å². The lowest BCUT2D eigenvalue weighted by Gasteiger charge is -2.13. The van der Waals surface area contributed by atoms with Crippen molar-refractivity contribution in [2.24, 2.45) is 0 Å². The first-order chi connectivity index (χ1) is 12.3. The van der Waals surface area contributed by atoms with E-state index >= 15 is 0 Å². The van der Waals surface area contributed by atoms with Crippen molar-refractivity contribution in [1.29, 1.82) is 0 Å². The Hall–Kier alpha value is -2.37. The summed E-state index contributed by atoms with van der Waals surface area (Å²) in [5.41, 5.74) is 0.986. The van der Waals surface area contributed by atoms with Gasteiger partial charge in [-0.1, -0.05) is 50.0 Å². The Bertz CT molecular complexity index is 946. The van der Waals surface area contributed by atoms with Gasteiger partial charge in [-0.2, -0.15) is 9.78 Å². The Labute approximate surface area is 162 Å². The normalized spacial score (nSPS) is 11.4. The molecule has 1 N–H and O–H groups in total. The number of aromatic nitrogens is 3. The van der Waals surface area contributed by atoms with Gasteiger partial charge in [0.05, 0.1) is 16.3 Å². The molecule has 0 bridgehead atoms. The van der Waals surface area contributed by atoms with Crippen LogP contribution in [0.2, 0.25) is 10.0 Å². The van der Waals surface area contributed by atoms with E-state index in [1.54, 1.807) is 23.0 Å². The summed E-state index contributed by atoms with van der Waals surface area (Å²) in [5, 5.41) is 8.25. The van der Waals surface area contributed by atoms with Crippen LogP contribution in [0.15, 0.2) is 48.7 Å². The Morgan fingerprint density at radius 2 is 1.88 bits per heavy atom. The number of amides is 1. The van der Waals surface area contributed by atoms with E-state index in [1.807, 2.05) is 24.3 Å². The van der Waals surface area contributed by atoms with Crippen molar-refractivity contribution < 1.29 is 4.79 Å². The predicted molar refractivity (Wildman–Crippen MR) is 104 cm³/mol. The highest BCUT2D eigenvalue weighted by molar-refractivity contribution is 6.37. The van der Waals surface area contributed by atoms with Gasteiger partial charge >= 0.3 is 0 Å². The average molecular weight is 389 g/mol. The lowest BCUT2D eigenvalue weighted by Crippen LogP contribution is -2.16. The third-order valence-electron chi connectivity index (χ3n) is 3.76. The van der Waals surface area contributed by atoms with Gasteiger partial charge in [0.2, 0.25) is 0 Å². The van der Waals surface area contributed by atoms with Crippen LogP contribution in [0.4, 0.5) is 5.82 Å². The van der Waals surface area contributed by atoms with Crippen molar-refractivity contribution >= 4 is 34.9 Å². The van der Waals surface area contributed by atoms with Crippen molar-refractivity contribution in [2.45, 2.75) is 26.2 Å². The monoisotopic (exact) mass is 388 g/mol. The van der Waals surface area contributed by atoms with Crippen LogP contribution in [0.3, 0.4) is 0 Å². The first kappa shape index (κ1) is 18.4. The molecule has 2 aromatic heterocycles. The highest BCUT2D eigenvalue weighted by atomic mass is 35.5. The quantitative estimate of drug-likeness (QED) is 0.676. The minimum atomic E-state index is -0.343. The van der Waals surface area contributed by atoms with Crippen LogP contribution in [0.1, 0.15) is 36.8 Å². The number of carbonyl (C=O) groups is 1. The van der Waals surface area contributed by atoms with Crippen LogP contribution in [-0.4, -0.2) is 20.7 Å². The molecule has 26 heavy (non-hydrogen) atoms. The summed E-state index contributed by atoms with van der Waals surface area (Å²) in [4.78, 5) is 17.0. The van der Waals surface area contributed by atoms with Gasteiger partial charge in [-0.25, -0.2) is 4.98 Å². The maximum atomic E-state index is 12.7. The van der Waals surface area contributed by atoms with Crippen molar-refractivity contribution in [3.63, 3.8) is 0 Å². The van der Waals surface area contributed by atoms with E-state index < -0.39 is 0 Å². The minimum Gasteiger partial charge on any atom is -0.306 e. The van der Waals surface area contributed by atoms with Gasteiger partial charge in [-0.3, -0.25) is 4.79 Å². The van der Waals surface area contributed by atoms with Crippen LogP contribution in [0, 0.1) is 0 Å². The van der Waals surface area contributed by atoms with Crippen LogP contribution in [-0.2, 0) is 5.41 Å². The summed E-state index contributed by atoms with van der Waals surface area (Å²) >= 11 is 12.0. The zero-order chi connectivity index (χ0) is 18.9. The zero-order valence-corrected chi connectivity index (χ0v) is 16.1. The second-order valence-electron chi connectivity index (χ2n) is 6.84. The highest BCUT2D eigenvalue weighted by Gasteiger charge is 2.22. The fraction of sp³-hybridized carbons (Fsp3) is 0.211. The molecule has 0 unspecified atom stereocenters. The lowest BCUT2D eigenvalue weighted by atomic mass is 9.92. The molecule has 0 saturated heterocycles. The van der Waals surface area contributed by atoms with E-state index in [2.05, 4.69) is 36.2 Å². The van der Waals surface area contributed by atoms with Crippen molar-refractivity contribution in [1.82, 2.24) is 14.8 Å². The van der Waals surface area contributed by atoms with Crippen LogP contribution in [0.25, 0.3) is 5.82 Å². The average Bonchev–Trinajstić information content (AvgIpc) is 2.99. The number of benzene rings is 1. The SMILES string of the molecule is CC(C)(C)c1cc(NC(=O)c2ccc(Cl)cc2Cl)n(-c2ccccn2)n1. The second-order valence-corrected chi connectivity index (χ2v) is 7.69. The number of pyridine rings is 1. The van der Waals surface area contributed by atoms with Crippen molar-refractivity contribution in [2.75, 3.05) is 5.32 Å². The molecule has 0 atom stereocenters. The molecule has 2 heterocycles. The Morgan fingerprint density at radius 3 is 2.50 bits per heavy atom. The number of anilines is 1. The van der Waals surface area contributed by atoms with E-state index in [0.29, 0.717) is 22.2 Å². The largest absolute Gasteiger partial charge is 0.306 e. The standard InChI is InChI=1S/C19H18Cl2N4O/c1-19(2,3)15-11-17(25(24-15)16-6-4-5-9-22-16)23-18(26)13-8-7-12(20)10-14(13)21/h4-11H,1-3H3,(H,23,26). The topological polar surface area (TPSA) is 59.8 Å². The molecule has 7 heteroatoms. The molecule has 0 aliphatic rings. The van der Waals surface area contributed by atoms with Gasteiger partial charge in [0.25, 0.3) is 5.91 Å². The maximum Gasteiger partial charge on any atom is 0.258 e. The van der Waals surface area contributed by atoms with Gasteiger partial charge in [0, 0.05) is 22.7 Å². The molecule has 3 rings (SSSR count). The Balaban J connectivity index is 2.01. The fourth-order valence-electron chi connectivity index (χ4n) is 2.35. The van der Waals surface area contributed by atoms with Crippen LogP contribution in [0.5, 0.6) is 0 Å². The number of carbonyl (C=O) groups excluding carboxylic acids is 1. The molecule has 0 radical (unpaired) electrons. The molecule has 1 amide bonds. The van der Waals surface area contributed by atoms with Crippen LogP contribution < -0.4 is 5.32 Å². The molecule has 0 aliphatic heterocycles. The number of nitrogens with zero attached hydrogens (tertiary/aromatic N) is 3. The zero-order valence-electron chi connectivity index (χ0n) is 14.6. The van der Waals surface area contributed by atoms with Gasteiger partial charge in [-0.05, 0) is 30.3 Å². The summed E-state index contributed by atoms with van der Waals surface area (Å²) in [5.74, 6) is 0.786. The predicted octanol–water partition coefficient (Wildman–Crippen LogP) is 5.12. The van der Waals surface area contributed by atoms with E-state index in [4.69, 9.17) is 23.2 Å². The number of halogens is 2. The van der Waals surface area contributed by atoms with Crippen molar-refractivity contribution in [3.8, 4) is 5.82 Å². The summed E-state index contributed by atoms with van der Waals surface area (Å²) < 4.78 is 1.61. The smallest absolute Gasteiger partial charge is 0.258 e. The molecule has 0 aliphatic carbocycles. The third kappa shape index (κ3) is 3.89. The van der Waals surface area contributed by atoms with Gasteiger partial charge in [-0.15, -0.1) is 0 Å². The second kappa shape index (κ2) is 7.09. The van der Waals surface area contributed by atoms with Gasteiger partial charge in [0.15, 0.2) is 5.82 Å². The first-order valence-electron chi connectivity index (χ1n) is 8.04. The Morgan fingerprint density at radius 1 is 1.12 bits per heavy atom. The molecule has 3 aromatic rings. The van der Waals surface area contributed by atoms with Crippen molar-refractivity contribution in [3.05, 3.63) is 70.0 Å². The third-order valence-corrected chi connectivity index (χ3v) is 4.31. The number of hydrogen-bond acceptors (Lipinski definition) is 3. The number of rotatable bonds is 3. The fourth-order valence-corrected chi connectivity index (χ4v) is 2.84. The van der Waals surface area contributed by atoms with E-state index in [1.165, 1.54) is 6.07 Å². The lowest BCUT2D eigenvalue weighted by molar-refractivity contribution is 0.102. The first-order valence-corrected chi connectivity index (χ1v) is 8.79. The molecule has 5 nitrogen and oxygen atoms in total. The molecule has 134 valence electrons. The maximum absolute atomic E-state index is 12.7. The van der Waals surface area contributed by atoms with E-state index in [9.17, 15) is 4.79 Å². The summed E-state index contributed by atoms with van der Waals surface area (Å²) in [7, 11) is 0. The molecule has 1 aromatic carbocycles. The number of hydrogen-bond donors (Lipinski definition) is 1. The molecular weight excluding hydrogens is 371 g/mol. The molecule has 0 fully saturated rings.